The number of hydrazine groups is 1. The van der Waals surface area contributed by atoms with E-state index >= 15 is 0 Å². The van der Waals surface area contributed by atoms with Gasteiger partial charge in [0.15, 0.2) is 0 Å². The van der Waals surface area contributed by atoms with Gasteiger partial charge in [0, 0.05) is 17.8 Å². The van der Waals surface area contributed by atoms with Gasteiger partial charge in [-0.15, -0.1) is 0 Å². The molecule has 2 aromatic carbocycles. The van der Waals surface area contributed by atoms with Crippen LogP contribution in [0.4, 0.5) is 16.2 Å². The van der Waals surface area contributed by atoms with Crippen molar-refractivity contribution in [3.05, 3.63) is 59.7 Å². The second-order valence-corrected chi connectivity index (χ2v) is 7.23. The van der Waals surface area contributed by atoms with Crippen molar-refractivity contribution >= 4 is 23.4 Å². The zero-order valence-electron chi connectivity index (χ0n) is 16.5. The maximum atomic E-state index is 12.6. The van der Waals surface area contributed by atoms with Gasteiger partial charge >= 0.3 is 6.09 Å². The number of aryl methyl sites for hydroxylation is 1. The molecular weight excluding hydrogens is 342 g/mol. The molecule has 0 radical (unpaired) electrons. The molecule has 0 unspecified atom stereocenters. The Bertz CT molecular complexity index is 795. The smallest absolute Gasteiger partial charge is 0.412 e. The van der Waals surface area contributed by atoms with Crippen LogP contribution >= 0.6 is 0 Å². The van der Waals surface area contributed by atoms with Crippen molar-refractivity contribution in [2.75, 3.05) is 16.9 Å². The molecule has 0 aliphatic carbocycles. The van der Waals surface area contributed by atoms with Gasteiger partial charge in [0.1, 0.15) is 5.60 Å². The van der Waals surface area contributed by atoms with E-state index in [0.717, 1.165) is 11.3 Å². The number of amides is 2. The normalized spacial score (nSPS) is 10.9. The maximum Gasteiger partial charge on any atom is 0.412 e. The minimum absolute atomic E-state index is 0.259. The average molecular weight is 369 g/mol. The van der Waals surface area contributed by atoms with Crippen LogP contribution in [0.5, 0.6) is 0 Å². The van der Waals surface area contributed by atoms with Crippen molar-refractivity contribution < 1.29 is 14.3 Å². The highest BCUT2D eigenvalue weighted by atomic mass is 16.6. The second-order valence-electron chi connectivity index (χ2n) is 7.23. The van der Waals surface area contributed by atoms with Gasteiger partial charge in [0.2, 0.25) is 0 Å². The Morgan fingerprint density at radius 3 is 2.33 bits per heavy atom. The lowest BCUT2D eigenvalue weighted by Gasteiger charge is -2.24. The Morgan fingerprint density at radius 2 is 1.74 bits per heavy atom. The van der Waals surface area contributed by atoms with E-state index in [1.165, 1.54) is 0 Å². The van der Waals surface area contributed by atoms with Crippen LogP contribution in [-0.2, 0) is 4.74 Å². The van der Waals surface area contributed by atoms with Crippen molar-refractivity contribution in [3.8, 4) is 0 Å². The molecule has 0 bridgehead atoms. The minimum atomic E-state index is -0.589. The first-order chi connectivity index (χ1) is 12.7. The highest BCUT2D eigenvalue weighted by Gasteiger charge is 2.17. The minimum Gasteiger partial charge on any atom is -0.444 e. The lowest BCUT2D eigenvalue weighted by Crippen LogP contribution is -2.42. The Labute approximate surface area is 160 Å². The van der Waals surface area contributed by atoms with Crippen LogP contribution in [0, 0.1) is 6.92 Å². The first-order valence-corrected chi connectivity index (χ1v) is 8.93. The molecule has 2 amide bonds. The third-order valence-electron chi connectivity index (χ3n) is 3.67. The number of anilines is 2. The van der Waals surface area contributed by atoms with Gasteiger partial charge in [0.25, 0.3) is 5.91 Å². The number of nitrogens with one attached hydrogen (secondary N) is 2. The molecule has 0 saturated heterocycles. The van der Waals surface area contributed by atoms with Gasteiger partial charge in [-0.1, -0.05) is 23.8 Å². The van der Waals surface area contributed by atoms with Crippen LogP contribution in [0.2, 0.25) is 0 Å². The fourth-order valence-electron chi connectivity index (χ4n) is 2.40. The number of hydrogen-bond donors (Lipinski definition) is 2. The van der Waals surface area contributed by atoms with Crippen molar-refractivity contribution in [2.45, 2.75) is 40.2 Å². The standard InChI is InChI=1S/C21H27N3O3/c1-6-24(18-12-10-15(2)11-13-18)23-19(25)16-8-7-9-17(14-16)22-20(26)27-21(3,4)5/h7-14H,6H2,1-5H3,(H,22,26)(H,23,25). The quantitative estimate of drug-likeness (QED) is 0.761. The van der Waals surface area contributed by atoms with Crippen LogP contribution in [0.25, 0.3) is 0 Å². The number of carbonyl (C=O) groups excluding carboxylic acids is 2. The van der Waals surface area contributed by atoms with Crippen molar-refractivity contribution in [2.24, 2.45) is 0 Å². The molecule has 0 aliphatic heterocycles. The molecule has 0 aromatic heterocycles. The summed E-state index contributed by atoms with van der Waals surface area (Å²) in [5.41, 5.74) is 5.29. The van der Waals surface area contributed by atoms with E-state index in [2.05, 4.69) is 10.7 Å². The molecule has 6 heteroatoms. The highest BCUT2D eigenvalue weighted by molar-refractivity contribution is 5.97. The molecule has 6 nitrogen and oxygen atoms in total. The average Bonchev–Trinajstić information content (AvgIpc) is 2.59. The summed E-state index contributed by atoms with van der Waals surface area (Å²) in [6.45, 7) is 9.97. The van der Waals surface area contributed by atoms with Crippen molar-refractivity contribution in [1.82, 2.24) is 5.43 Å². The van der Waals surface area contributed by atoms with Gasteiger partial charge in [-0.05, 0) is 65.0 Å². The predicted octanol–water partition coefficient (Wildman–Crippen LogP) is 4.51. The van der Waals surface area contributed by atoms with Gasteiger partial charge in [0.05, 0.1) is 5.69 Å². The monoisotopic (exact) mass is 369 g/mol. The van der Waals surface area contributed by atoms with E-state index in [1.807, 2.05) is 38.1 Å². The molecule has 0 saturated carbocycles. The SMILES string of the molecule is CCN(NC(=O)c1cccc(NC(=O)OC(C)(C)C)c1)c1ccc(C)cc1. The van der Waals surface area contributed by atoms with E-state index in [-0.39, 0.29) is 5.91 Å². The summed E-state index contributed by atoms with van der Waals surface area (Å²) in [6, 6.07) is 14.6. The first kappa shape index (κ1) is 20.3. The lowest BCUT2D eigenvalue weighted by atomic mass is 10.2. The number of ether oxygens (including phenoxy) is 1. The molecule has 0 atom stereocenters. The Hall–Kier alpha value is -3.02. The molecule has 2 N–H and O–H groups in total. The highest BCUT2D eigenvalue weighted by Crippen LogP contribution is 2.16. The molecular formula is C21H27N3O3. The number of nitrogens with zero attached hydrogens (tertiary/aromatic N) is 1. The van der Waals surface area contributed by atoms with E-state index in [9.17, 15) is 9.59 Å². The van der Waals surface area contributed by atoms with E-state index in [0.29, 0.717) is 17.8 Å². The third-order valence-corrected chi connectivity index (χ3v) is 3.67. The second kappa shape index (κ2) is 8.58. The first-order valence-electron chi connectivity index (χ1n) is 8.93. The summed E-state index contributed by atoms with van der Waals surface area (Å²) in [4.78, 5) is 24.5. The zero-order chi connectivity index (χ0) is 20.0. The van der Waals surface area contributed by atoms with Crippen LogP contribution in [0.3, 0.4) is 0 Å². The summed E-state index contributed by atoms with van der Waals surface area (Å²) in [5.74, 6) is -0.259. The lowest BCUT2D eigenvalue weighted by molar-refractivity contribution is 0.0635. The van der Waals surface area contributed by atoms with Crippen molar-refractivity contribution in [3.63, 3.8) is 0 Å². The predicted molar refractivity (Wildman–Crippen MR) is 108 cm³/mol. The van der Waals surface area contributed by atoms with Gasteiger partial charge < -0.3 is 4.74 Å². The third kappa shape index (κ3) is 6.33. The molecule has 2 aromatic rings. The van der Waals surface area contributed by atoms with Crippen LogP contribution < -0.4 is 15.8 Å². The fraction of sp³-hybridized carbons (Fsp3) is 0.333. The number of carbonyl (C=O) groups is 2. The summed E-state index contributed by atoms with van der Waals surface area (Å²) in [6.07, 6.45) is -0.560. The summed E-state index contributed by atoms with van der Waals surface area (Å²) >= 11 is 0. The maximum absolute atomic E-state index is 12.6. The Balaban J connectivity index is 2.07. The number of hydrogen-bond acceptors (Lipinski definition) is 4. The van der Waals surface area contributed by atoms with E-state index < -0.39 is 11.7 Å². The Morgan fingerprint density at radius 1 is 1.07 bits per heavy atom. The topological polar surface area (TPSA) is 70.7 Å². The molecule has 0 spiro atoms. The van der Waals surface area contributed by atoms with Gasteiger partial charge in [-0.25, -0.2) is 4.79 Å². The fourth-order valence-corrected chi connectivity index (χ4v) is 2.40. The van der Waals surface area contributed by atoms with Crippen LogP contribution in [-0.4, -0.2) is 24.1 Å². The van der Waals surface area contributed by atoms with E-state index in [4.69, 9.17) is 4.74 Å². The summed E-state index contributed by atoms with van der Waals surface area (Å²) in [5, 5.41) is 4.42. The molecule has 0 heterocycles. The zero-order valence-corrected chi connectivity index (χ0v) is 16.5. The van der Waals surface area contributed by atoms with Crippen molar-refractivity contribution in [1.29, 1.82) is 0 Å². The number of rotatable bonds is 5. The van der Waals surface area contributed by atoms with Crippen LogP contribution in [0.1, 0.15) is 43.6 Å². The van der Waals surface area contributed by atoms with Gasteiger partial charge in [-0.2, -0.15) is 0 Å². The van der Waals surface area contributed by atoms with E-state index in [1.54, 1.807) is 50.0 Å². The molecule has 144 valence electrons. The number of benzene rings is 2. The molecule has 0 fully saturated rings. The summed E-state index contributed by atoms with van der Waals surface area (Å²) in [7, 11) is 0. The Kier molecular flexibility index (Phi) is 6.45. The van der Waals surface area contributed by atoms with Gasteiger partial charge in [-0.3, -0.25) is 20.5 Å². The molecule has 27 heavy (non-hydrogen) atoms. The van der Waals surface area contributed by atoms with Crippen LogP contribution in [0.15, 0.2) is 48.5 Å². The molecule has 0 aliphatic rings. The summed E-state index contributed by atoms with van der Waals surface area (Å²) < 4.78 is 5.23. The largest absolute Gasteiger partial charge is 0.444 e. The molecule has 2 rings (SSSR count).